The fraction of sp³-hybridized carbons (Fsp3) is 0.267. The zero-order chi connectivity index (χ0) is 26.6. The van der Waals surface area contributed by atoms with Crippen molar-refractivity contribution in [2.75, 3.05) is 10.6 Å². The molecule has 3 aromatic heterocycles. The molecule has 1 amide bonds. The molecule has 194 valence electrons. The number of rotatable bonds is 8. The molecule has 1 aliphatic heterocycles. The number of pyridine rings is 2. The van der Waals surface area contributed by atoms with Crippen LogP contribution in [0.1, 0.15) is 41.4 Å². The van der Waals surface area contributed by atoms with Gasteiger partial charge in [-0.3, -0.25) is 14.6 Å². The van der Waals surface area contributed by atoms with Gasteiger partial charge >= 0.3 is 0 Å². The Morgan fingerprint density at radius 2 is 2.16 bits per heavy atom. The molecule has 1 aromatic carbocycles. The topological polar surface area (TPSA) is 123 Å². The van der Waals surface area contributed by atoms with Gasteiger partial charge in [0.1, 0.15) is 17.2 Å². The largest absolute Gasteiger partial charge is 0.461 e. The number of benzene rings is 1. The number of nitrogens with one attached hydrogen (secondary N) is 2. The monoisotopic (exact) mass is 509 g/mol. The number of aryl methyl sites for hydroxylation is 2. The van der Waals surface area contributed by atoms with Crippen LogP contribution in [0.15, 0.2) is 65.5 Å². The molecule has 0 aliphatic carbocycles. The molecule has 38 heavy (non-hydrogen) atoms. The van der Waals surface area contributed by atoms with Crippen molar-refractivity contribution in [3.05, 3.63) is 89.1 Å². The molecule has 4 heterocycles. The Bertz CT molecular complexity index is 1510. The molecular weight excluding hydrogens is 478 g/mol. The van der Waals surface area contributed by atoms with Gasteiger partial charge in [-0.25, -0.2) is 4.98 Å². The number of ketones is 1. The van der Waals surface area contributed by atoms with E-state index in [1.54, 1.807) is 30.7 Å². The average molecular weight is 510 g/mol. The van der Waals surface area contributed by atoms with E-state index in [1.165, 1.54) is 0 Å². The van der Waals surface area contributed by atoms with Gasteiger partial charge in [-0.05, 0) is 78.4 Å². The van der Waals surface area contributed by atoms with E-state index in [9.17, 15) is 9.59 Å². The van der Waals surface area contributed by atoms with E-state index in [4.69, 9.17) is 10.2 Å². The minimum Gasteiger partial charge on any atom is -0.461 e. The number of carbonyl (C=O) groups is 2. The van der Waals surface area contributed by atoms with Crippen LogP contribution in [-0.2, 0) is 29.0 Å². The Labute approximate surface area is 221 Å². The number of furan rings is 1. The maximum Gasteiger partial charge on any atom is 0.242 e. The SMILES string of the molecule is Cc1c(CC(C)C(=O)/C=C/c2cnc3c(c2)CC[C@H](N)C(=O)N3)oc2cccc(CNc3cccnc3)c12. The molecule has 0 radical (unpaired) electrons. The van der Waals surface area contributed by atoms with Crippen molar-refractivity contribution >= 4 is 40.2 Å². The van der Waals surface area contributed by atoms with Gasteiger partial charge in [0, 0.05) is 42.9 Å². The maximum absolute atomic E-state index is 13.0. The molecule has 5 rings (SSSR count). The van der Waals surface area contributed by atoms with Crippen molar-refractivity contribution in [1.82, 2.24) is 9.97 Å². The van der Waals surface area contributed by atoms with Crippen molar-refractivity contribution in [3.63, 3.8) is 0 Å². The van der Waals surface area contributed by atoms with E-state index in [-0.39, 0.29) is 17.6 Å². The number of amides is 1. The number of hydrogen-bond acceptors (Lipinski definition) is 7. The van der Waals surface area contributed by atoms with E-state index < -0.39 is 6.04 Å². The lowest BCUT2D eigenvalue weighted by atomic mass is 9.97. The fourth-order valence-corrected chi connectivity index (χ4v) is 4.74. The maximum atomic E-state index is 13.0. The second-order valence-corrected chi connectivity index (χ2v) is 9.79. The van der Waals surface area contributed by atoms with Gasteiger partial charge < -0.3 is 20.8 Å². The third kappa shape index (κ3) is 5.50. The molecule has 0 bridgehead atoms. The molecule has 4 N–H and O–H groups in total. The Morgan fingerprint density at radius 3 is 2.97 bits per heavy atom. The molecule has 0 fully saturated rings. The Hall–Kier alpha value is -4.30. The van der Waals surface area contributed by atoms with Gasteiger partial charge in [0.15, 0.2) is 5.78 Å². The van der Waals surface area contributed by atoms with Crippen LogP contribution < -0.4 is 16.4 Å². The third-order valence-electron chi connectivity index (χ3n) is 6.99. The number of hydrogen-bond donors (Lipinski definition) is 3. The number of fused-ring (bicyclic) bond motifs is 2. The van der Waals surface area contributed by atoms with Crippen molar-refractivity contribution in [1.29, 1.82) is 0 Å². The van der Waals surface area contributed by atoms with Gasteiger partial charge in [-0.15, -0.1) is 0 Å². The molecule has 0 saturated carbocycles. The van der Waals surface area contributed by atoms with Crippen LogP contribution in [0.5, 0.6) is 0 Å². The standard InChI is InChI=1S/C30H31N5O3/c1-18(25(36)11-8-20-14-21-9-10-24(31)30(37)35-29(21)34-15-20)13-27-19(2)28-22(5-3-7-26(28)38-27)16-33-23-6-4-12-32-17-23/h3-8,11-12,14-15,17-18,24,33H,9-10,13,16,31H2,1-2H3,(H,34,35,37)/b11-8+/t18?,24-/m0/s1. The van der Waals surface area contributed by atoms with E-state index in [1.807, 2.05) is 44.2 Å². The molecule has 8 nitrogen and oxygen atoms in total. The second kappa shape index (κ2) is 11.0. The first kappa shape index (κ1) is 25.4. The van der Waals surface area contributed by atoms with Crippen LogP contribution in [-0.4, -0.2) is 27.7 Å². The summed E-state index contributed by atoms with van der Waals surface area (Å²) in [4.78, 5) is 33.4. The molecular formula is C30H31N5O3. The summed E-state index contributed by atoms with van der Waals surface area (Å²) in [6, 6.07) is 11.3. The summed E-state index contributed by atoms with van der Waals surface area (Å²) in [5.41, 5.74) is 11.5. The van der Waals surface area contributed by atoms with Gasteiger partial charge in [-0.1, -0.05) is 19.1 Å². The van der Waals surface area contributed by atoms with Crippen LogP contribution >= 0.6 is 0 Å². The quantitative estimate of drug-likeness (QED) is 0.291. The lowest BCUT2D eigenvalue weighted by Crippen LogP contribution is -2.34. The van der Waals surface area contributed by atoms with Crippen molar-refractivity contribution < 1.29 is 14.0 Å². The van der Waals surface area contributed by atoms with E-state index in [2.05, 4.69) is 26.7 Å². The van der Waals surface area contributed by atoms with E-state index in [0.29, 0.717) is 31.6 Å². The summed E-state index contributed by atoms with van der Waals surface area (Å²) >= 11 is 0. The van der Waals surface area contributed by atoms with Crippen LogP contribution in [0.25, 0.3) is 17.0 Å². The summed E-state index contributed by atoms with van der Waals surface area (Å²) < 4.78 is 6.20. The summed E-state index contributed by atoms with van der Waals surface area (Å²) in [5.74, 6) is 0.889. The second-order valence-electron chi connectivity index (χ2n) is 9.79. The normalized spacial score (nSPS) is 16.2. The van der Waals surface area contributed by atoms with E-state index in [0.717, 1.165) is 44.7 Å². The molecule has 4 aromatic rings. The summed E-state index contributed by atoms with van der Waals surface area (Å²) in [6.45, 7) is 4.61. The van der Waals surface area contributed by atoms with Gasteiger partial charge in [-0.2, -0.15) is 0 Å². The van der Waals surface area contributed by atoms with Crippen molar-refractivity contribution in [3.8, 4) is 0 Å². The molecule has 1 aliphatic rings. The van der Waals surface area contributed by atoms with Crippen LogP contribution in [0.4, 0.5) is 11.5 Å². The smallest absolute Gasteiger partial charge is 0.242 e. The highest BCUT2D eigenvalue weighted by atomic mass is 16.3. The zero-order valence-electron chi connectivity index (χ0n) is 21.5. The number of carbonyl (C=O) groups excluding carboxylic acids is 2. The summed E-state index contributed by atoms with van der Waals surface area (Å²) in [6.07, 6.45) is 10.3. The molecule has 1 unspecified atom stereocenters. The predicted octanol–water partition coefficient (Wildman–Crippen LogP) is 4.82. The lowest BCUT2D eigenvalue weighted by Gasteiger charge is -2.08. The van der Waals surface area contributed by atoms with Crippen LogP contribution in [0.3, 0.4) is 0 Å². The first-order valence-electron chi connectivity index (χ1n) is 12.8. The molecule has 0 saturated heterocycles. The van der Waals surface area contributed by atoms with Gasteiger partial charge in [0.2, 0.25) is 5.91 Å². The number of nitrogens with zero attached hydrogens (tertiary/aromatic N) is 2. The van der Waals surface area contributed by atoms with Crippen molar-refractivity contribution in [2.45, 2.75) is 45.7 Å². The highest BCUT2D eigenvalue weighted by Crippen LogP contribution is 2.31. The molecule has 2 atom stereocenters. The number of anilines is 2. The number of aromatic nitrogens is 2. The fourth-order valence-electron chi connectivity index (χ4n) is 4.74. The molecule has 8 heteroatoms. The Morgan fingerprint density at radius 1 is 1.29 bits per heavy atom. The number of allylic oxidation sites excluding steroid dienone is 1. The first-order valence-corrected chi connectivity index (χ1v) is 12.8. The van der Waals surface area contributed by atoms with Gasteiger partial charge in [0.25, 0.3) is 0 Å². The van der Waals surface area contributed by atoms with Crippen LogP contribution in [0.2, 0.25) is 0 Å². The predicted molar refractivity (Wildman–Crippen MR) is 149 cm³/mol. The highest BCUT2D eigenvalue weighted by Gasteiger charge is 2.21. The summed E-state index contributed by atoms with van der Waals surface area (Å²) in [5, 5.41) is 7.25. The minimum absolute atomic E-state index is 0.00796. The summed E-state index contributed by atoms with van der Waals surface area (Å²) in [7, 11) is 0. The first-order chi connectivity index (χ1) is 18.4. The van der Waals surface area contributed by atoms with Crippen LogP contribution in [0, 0.1) is 12.8 Å². The minimum atomic E-state index is -0.541. The average Bonchev–Trinajstić information content (AvgIpc) is 3.17. The number of nitrogens with two attached hydrogens (primary N) is 1. The van der Waals surface area contributed by atoms with Crippen molar-refractivity contribution in [2.24, 2.45) is 11.7 Å². The Balaban J connectivity index is 1.27. The highest BCUT2D eigenvalue weighted by molar-refractivity contribution is 5.96. The molecule has 0 spiro atoms. The van der Waals surface area contributed by atoms with Gasteiger partial charge in [0.05, 0.1) is 11.7 Å². The Kier molecular flexibility index (Phi) is 7.33. The zero-order valence-corrected chi connectivity index (χ0v) is 21.5. The lowest BCUT2D eigenvalue weighted by molar-refractivity contribution is -0.118. The third-order valence-corrected chi connectivity index (χ3v) is 6.99. The van der Waals surface area contributed by atoms with E-state index >= 15 is 0 Å².